The third-order valence-electron chi connectivity index (χ3n) is 2.72. The van der Waals surface area contributed by atoms with Gasteiger partial charge in [-0.25, -0.2) is 4.98 Å². The number of carbonyl (C=O) groups is 1. The summed E-state index contributed by atoms with van der Waals surface area (Å²) in [4.78, 5) is 15.7. The molecule has 5 nitrogen and oxygen atoms in total. The molecule has 2 aromatic rings. The van der Waals surface area contributed by atoms with Crippen molar-refractivity contribution in [2.75, 3.05) is 6.54 Å². The normalized spacial score (nSPS) is 10.4. The Labute approximate surface area is 112 Å². The Bertz CT molecular complexity index is 521. The van der Waals surface area contributed by atoms with E-state index >= 15 is 0 Å². The Morgan fingerprint density at radius 1 is 1.32 bits per heavy atom. The van der Waals surface area contributed by atoms with Crippen LogP contribution in [-0.2, 0) is 11.2 Å². The van der Waals surface area contributed by atoms with Gasteiger partial charge in [-0.2, -0.15) is 5.10 Å². The quantitative estimate of drug-likeness (QED) is 0.831. The number of aromatic amines is 1. The van der Waals surface area contributed by atoms with E-state index in [0.717, 1.165) is 17.8 Å². The molecule has 1 heterocycles. The van der Waals surface area contributed by atoms with E-state index in [0.29, 0.717) is 25.2 Å². The first kappa shape index (κ1) is 13.3. The number of nitrogens with zero attached hydrogens (tertiary/aromatic N) is 2. The minimum atomic E-state index is 0.0882. The lowest BCUT2D eigenvalue weighted by atomic mass is 10.2. The molecule has 0 aliphatic rings. The van der Waals surface area contributed by atoms with Gasteiger partial charge >= 0.3 is 0 Å². The fourth-order valence-electron chi connectivity index (χ4n) is 1.76. The third kappa shape index (κ3) is 3.91. The summed E-state index contributed by atoms with van der Waals surface area (Å²) in [5, 5.41) is 9.92. The summed E-state index contributed by atoms with van der Waals surface area (Å²) in [6.07, 6.45) is 2.10. The van der Waals surface area contributed by atoms with Gasteiger partial charge in [-0.3, -0.25) is 9.89 Å². The summed E-state index contributed by atoms with van der Waals surface area (Å²) in [6, 6.07) is 9.80. The van der Waals surface area contributed by atoms with Gasteiger partial charge in [-0.05, 0) is 6.42 Å². The smallest absolute Gasteiger partial charge is 0.219 e. The van der Waals surface area contributed by atoms with Crippen molar-refractivity contribution in [2.45, 2.75) is 26.2 Å². The highest BCUT2D eigenvalue weighted by atomic mass is 16.1. The van der Waals surface area contributed by atoms with Crippen molar-refractivity contribution in [1.29, 1.82) is 0 Å². The zero-order valence-corrected chi connectivity index (χ0v) is 11.0. The van der Waals surface area contributed by atoms with E-state index in [2.05, 4.69) is 20.5 Å². The molecule has 2 N–H and O–H groups in total. The molecule has 1 aromatic carbocycles. The molecule has 0 spiro atoms. The number of rotatable bonds is 6. The van der Waals surface area contributed by atoms with Crippen LogP contribution in [0.2, 0.25) is 0 Å². The van der Waals surface area contributed by atoms with Crippen LogP contribution in [0.15, 0.2) is 30.3 Å². The van der Waals surface area contributed by atoms with E-state index < -0.39 is 0 Å². The molecule has 19 heavy (non-hydrogen) atoms. The number of hydrogen-bond donors (Lipinski definition) is 2. The third-order valence-corrected chi connectivity index (χ3v) is 2.72. The van der Waals surface area contributed by atoms with Gasteiger partial charge in [-0.15, -0.1) is 0 Å². The van der Waals surface area contributed by atoms with Gasteiger partial charge in [0, 0.05) is 24.9 Å². The molecule has 0 saturated heterocycles. The van der Waals surface area contributed by atoms with Crippen LogP contribution in [0.5, 0.6) is 0 Å². The minimum absolute atomic E-state index is 0.0882. The highest BCUT2D eigenvalue weighted by molar-refractivity contribution is 5.75. The zero-order valence-electron chi connectivity index (χ0n) is 11.0. The second kappa shape index (κ2) is 6.68. The second-order valence-corrected chi connectivity index (χ2v) is 4.32. The monoisotopic (exact) mass is 258 g/mol. The van der Waals surface area contributed by atoms with E-state index in [9.17, 15) is 4.79 Å². The molecule has 0 aliphatic carbocycles. The van der Waals surface area contributed by atoms with Crippen LogP contribution in [0.25, 0.3) is 11.4 Å². The summed E-state index contributed by atoms with van der Waals surface area (Å²) in [5.74, 6) is 1.57. The molecule has 5 heteroatoms. The molecule has 0 bridgehead atoms. The lowest BCUT2D eigenvalue weighted by molar-refractivity contribution is -0.121. The van der Waals surface area contributed by atoms with Crippen LogP contribution in [0.1, 0.15) is 25.6 Å². The van der Waals surface area contributed by atoms with Crippen molar-refractivity contribution < 1.29 is 4.79 Å². The van der Waals surface area contributed by atoms with Crippen LogP contribution in [-0.4, -0.2) is 27.6 Å². The molecule has 100 valence electrons. The Balaban J connectivity index is 1.86. The predicted molar refractivity (Wildman–Crippen MR) is 73.4 cm³/mol. The van der Waals surface area contributed by atoms with E-state index in [4.69, 9.17) is 0 Å². The largest absolute Gasteiger partial charge is 0.356 e. The Hall–Kier alpha value is -2.17. The summed E-state index contributed by atoms with van der Waals surface area (Å²) >= 11 is 0. The van der Waals surface area contributed by atoms with Gasteiger partial charge in [0.15, 0.2) is 5.82 Å². The predicted octanol–water partition coefficient (Wildman–Crippen LogP) is 1.93. The Kier molecular flexibility index (Phi) is 4.66. The van der Waals surface area contributed by atoms with Crippen molar-refractivity contribution in [3.8, 4) is 11.4 Å². The number of aromatic nitrogens is 3. The van der Waals surface area contributed by atoms with Crippen molar-refractivity contribution in [3.05, 3.63) is 36.2 Å². The van der Waals surface area contributed by atoms with Gasteiger partial charge in [0.2, 0.25) is 5.91 Å². The Morgan fingerprint density at radius 2 is 2.11 bits per heavy atom. The van der Waals surface area contributed by atoms with Crippen molar-refractivity contribution in [3.63, 3.8) is 0 Å². The first-order chi connectivity index (χ1) is 9.29. The van der Waals surface area contributed by atoms with Crippen LogP contribution < -0.4 is 5.32 Å². The fourth-order valence-corrected chi connectivity index (χ4v) is 1.76. The first-order valence-corrected chi connectivity index (χ1v) is 6.53. The number of carbonyl (C=O) groups excluding carboxylic acids is 1. The molecular weight excluding hydrogens is 240 g/mol. The van der Waals surface area contributed by atoms with Crippen LogP contribution in [0.4, 0.5) is 0 Å². The number of hydrogen-bond acceptors (Lipinski definition) is 3. The van der Waals surface area contributed by atoms with Crippen LogP contribution >= 0.6 is 0 Å². The van der Waals surface area contributed by atoms with Crippen molar-refractivity contribution >= 4 is 5.91 Å². The highest BCUT2D eigenvalue weighted by Gasteiger charge is 2.05. The first-order valence-electron chi connectivity index (χ1n) is 6.53. The van der Waals surface area contributed by atoms with Crippen molar-refractivity contribution in [2.24, 2.45) is 0 Å². The van der Waals surface area contributed by atoms with Gasteiger partial charge in [-0.1, -0.05) is 37.3 Å². The number of H-pyrrole nitrogens is 1. The molecule has 0 radical (unpaired) electrons. The van der Waals surface area contributed by atoms with Gasteiger partial charge in [0.05, 0.1) is 0 Å². The summed E-state index contributed by atoms with van der Waals surface area (Å²) < 4.78 is 0. The zero-order chi connectivity index (χ0) is 13.5. The summed E-state index contributed by atoms with van der Waals surface area (Å²) in [5.41, 5.74) is 0.986. The van der Waals surface area contributed by atoms with Crippen molar-refractivity contribution in [1.82, 2.24) is 20.5 Å². The topological polar surface area (TPSA) is 70.7 Å². The molecule has 1 aromatic heterocycles. The lowest BCUT2D eigenvalue weighted by Gasteiger charge is -2.01. The van der Waals surface area contributed by atoms with E-state index in [1.165, 1.54) is 0 Å². The average Bonchev–Trinajstić information content (AvgIpc) is 2.89. The average molecular weight is 258 g/mol. The standard InChI is InChI=1S/C14H18N4O/c1-2-6-13(19)15-10-9-12-16-14(18-17-12)11-7-4-3-5-8-11/h3-5,7-8H,2,6,9-10H2,1H3,(H,15,19)(H,16,17,18). The summed E-state index contributed by atoms with van der Waals surface area (Å²) in [7, 11) is 0. The molecule has 0 atom stereocenters. The van der Waals surface area contributed by atoms with Gasteiger partial charge < -0.3 is 5.32 Å². The van der Waals surface area contributed by atoms with E-state index in [1.54, 1.807) is 0 Å². The van der Waals surface area contributed by atoms with Crippen LogP contribution in [0, 0.1) is 0 Å². The maximum absolute atomic E-state index is 11.3. The maximum Gasteiger partial charge on any atom is 0.219 e. The molecule has 1 amide bonds. The van der Waals surface area contributed by atoms with Gasteiger partial charge in [0.1, 0.15) is 5.82 Å². The molecule has 0 aliphatic heterocycles. The Morgan fingerprint density at radius 3 is 2.84 bits per heavy atom. The highest BCUT2D eigenvalue weighted by Crippen LogP contribution is 2.13. The van der Waals surface area contributed by atoms with E-state index in [-0.39, 0.29) is 5.91 Å². The minimum Gasteiger partial charge on any atom is -0.356 e. The van der Waals surface area contributed by atoms with Crippen LogP contribution in [0.3, 0.4) is 0 Å². The lowest BCUT2D eigenvalue weighted by Crippen LogP contribution is -2.25. The van der Waals surface area contributed by atoms with Gasteiger partial charge in [0.25, 0.3) is 0 Å². The second-order valence-electron chi connectivity index (χ2n) is 4.32. The van der Waals surface area contributed by atoms with E-state index in [1.807, 2.05) is 37.3 Å². The maximum atomic E-state index is 11.3. The number of nitrogens with one attached hydrogen (secondary N) is 2. The SMILES string of the molecule is CCCC(=O)NCCc1nc(-c2ccccc2)n[nH]1. The number of benzene rings is 1. The molecule has 0 fully saturated rings. The molecule has 0 unspecified atom stereocenters. The molecule has 2 rings (SSSR count). The summed E-state index contributed by atoms with van der Waals surface area (Å²) in [6.45, 7) is 2.57. The molecular formula is C14H18N4O. The number of amides is 1. The molecule has 0 saturated carbocycles. The fraction of sp³-hybridized carbons (Fsp3) is 0.357.